The number of nitrogens with zero attached hydrogens (tertiary/aromatic N) is 3. The molecule has 0 unspecified atom stereocenters. The van der Waals surface area contributed by atoms with Crippen molar-refractivity contribution in [3.05, 3.63) is 23.8 Å². The van der Waals surface area contributed by atoms with Gasteiger partial charge in [0.05, 0.1) is 17.6 Å². The zero-order valence-electron chi connectivity index (χ0n) is 17.1. The van der Waals surface area contributed by atoms with Gasteiger partial charge in [0.25, 0.3) is 5.91 Å². The van der Waals surface area contributed by atoms with Crippen LogP contribution in [0.25, 0.3) is 0 Å². The van der Waals surface area contributed by atoms with Crippen LogP contribution >= 0.6 is 0 Å². The van der Waals surface area contributed by atoms with Gasteiger partial charge >= 0.3 is 0 Å². The summed E-state index contributed by atoms with van der Waals surface area (Å²) in [5.74, 6) is 0.0528. The van der Waals surface area contributed by atoms with Crippen molar-refractivity contribution >= 4 is 21.8 Å². The van der Waals surface area contributed by atoms with Gasteiger partial charge in [-0.3, -0.25) is 9.59 Å². The summed E-state index contributed by atoms with van der Waals surface area (Å²) in [5.41, 5.74) is 0.236. The fourth-order valence-electron chi connectivity index (χ4n) is 3.84. The molecule has 0 atom stereocenters. The van der Waals surface area contributed by atoms with Crippen molar-refractivity contribution in [2.45, 2.75) is 37.5 Å². The first-order chi connectivity index (χ1) is 13.8. The summed E-state index contributed by atoms with van der Waals surface area (Å²) in [6, 6.07) is 4.48. The Kier molecular flexibility index (Phi) is 6.79. The molecule has 2 amide bonds. The topological polar surface area (TPSA) is 87.2 Å². The molecule has 0 aliphatic carbocycles. The molecule has 8 nitrogen and oxygen atoms in total. The minimum Gasteiger partial charge on any atom is -0.496 e. The molecule has 0 N–H and O–H groups in total. The average molecular weight is 424 g/mol. The second kappa shape index (κ2) is 9.13. The molecular weight excluding hydrogens is 394 g/mol. The van der Waals surface area contributed by atoms with Crippen molar-refractivity contribution in [2.75, 3.05) is 46.4 Å². The number of carbonyl (C=O) groups is 2. The second-order valence-electron chi connectivity index (χ2n) is 7.48. The summed E-state index contributed by atoms with van der Waals surface area (Å²) in [7, 11) is -2.20. The fraction of sp³-hybridized carbons (Fsp3) is 0.600. The van der Waals surface area contributed by atoms with Gasteiger partial charge in [0.2, 0.25) is 15.9 Å². The van der Waals surface area contributed by atoms with Crippen LogP contribution in [0, 0.1) is 0 Å². The van der Waals surface area contributed by atoms with Gasteiger partial charge in [-0.2, -0.15) is 4.31 Å². The van der Waals surface area contributed by atoms with Gasteiger partial charge in [0.15, 0.2) is 0 Å². The Morgan fingerprint density at radius 3 is 2.03 bits per heavy atom. The Bertz CT molecular complexity index is 855. The lowest BCUT2D eigenvalue weighted by Gasteiger charge is -2.34. The molecule has 160 valence electrons. The van der Waals surface area contributed by atoms with Crippen molar-refractivity contribution in [3.63, 3.8) is 0 Å². The summed E-state index contributed by atoms with van der Waals surface area (Å²) in [5, 5.41) is 0. The van der Waals surface area contributed by atoms with Crippen molar-refractivity contribution in [1.29, 1.82) is 0 Å². The summed E-state index contributed by atoms with van der Waals surface area (Å²) in [6.07, 6.45) is 3.76. The second-order valence-corrected chi connectivity index (χ2v) is 9.42. The van der Waals surface area contributed by atoms with Crippen molar-refractivity contribution in [1.82, 2.24) is 14.1 Å². The van der Waals surface area contributed by atoms with Gasteiger partial charge in [-0.25, -0.2) is 8.42 Å². The first-order valence-corrected chi connectivity index (χ1v) is 11.5. The lowest BCUT2D eigenvalue weighted by molar-refractivity contribution is -0.130. The number of hydrogen-bond donors (Lipinski definition) is 0. The maximum atomic E-state index is 13.1. The molecule has 3 rings (SSSR count). The SMILES string of the molecule is COc1ccc(S(=O)(=O)N2CCCCCC2)cc1C(=O)N1CCN(C(C)=O)CC1. The van der Waals surface area contributed by atoms with E-state index in [-0.39, 0.29) is 22.3 Å². The van der Waals surface area contributed by atoms with E-state index in [0.717, 1.165) is 25.7 Å². The quantitative estimate of drug-likeness (QED) is 0.734. The highest BCUT2D eigenvalue weighted by Gasteiger charge is 2.29. The monoisotopic (exact) mass is 423 g/mol. The molecule has 1 aromatic rings. The Hall–Kier alpha value is -2.13. The number of rotatable bonds is 4. The lowest BCUT2D eigenvalue weighted by atomic mass is 10.1. The molecule has 0 bridgehead atoms. The van der Waals surface area contributed by atoms with Gasteiger partial charge in [-0.1, -0.05) is 12.8 Å². The molecule has 2 aliphatic rings. The fourth-order valence-corrected chi connectivity index (χ4v) is 5.38. The number of carbonyl (C=O) groups excluding carboxylic acids is 2. The molecule has 0 saturated carbocycles. The van der Waals surface area contributed by atoms with E-state index < -0.39 is 10.0 Å². The molecule has 2 saturated heterocycles. The van der Waals surface area contributed by atoms with E-state index in [9.17, 15) is 18.0 Å². The molecule has 2 heterocycles. The molecule has 0 spiro atoms. The van der Waals surface area contributed by atoms with E-state index in [1.807, 2.05) is 0 Å². The highest BCUT2D eigenvalue weighted by atomic mass is 32.2. The van der Waals surface area contributed by atoms with Crippen LogP contribution in [0.15, 0.2) is 23.1 Å². The number of methoxy groups -OCH3 is 1. The highest BCUT2D eigenvalue weighted by Crippen LogP contribution is 2.27. The summed E-state index contributed by atoms with van der Waals surface area (Å²) < 4.78 is 33.1. The summed E-state index contributed by atoms with van der Waals surface area (Å²) in [6.45, 7) is 4.27. The lowest BCUT2D eigenvalue weighted by Crippen LogP contribution is -2.50. The average Bonchev–Trinajstić information content (AvgIpc) is 3.03. The molecular formula is C20H29N3O5S. The van der Waals surface area contributed by atoms with E-state index in [1.165, 1.54) is 30.5 Å². The molecule has 0 radical (unpaired) electrons. The van der Waals surface area contributed by atoms with E-state index in [4.69, 9.17) is 4.74 Å². The van der Waals surface area contributed by atoms with E-state index >= 15 is 0 Å². The third kappa shape index (κ3) is 4.72. The minimum atomic E-state index is -3.66. The third-order valence-corrected chi connectivity index (χ3v) is 7.51. The predicted octanol–water partition coefficient (Wildman–Crippen LogP) is 1.56. The van der Waals surface area contributed by atoms with Crippen LogP contribution < -0.4 is 4.74 Å². The maximum Gasteiger partial charge on any atom is 0.257 e. The van der Waals surface area contributed by atoms with Gasteiger partial charge in [0.1, 0.15) is 5.75 Å². The van der Waals surface area contributed by atoms with Crippen LogP contribution in [0.1, 0.15) is 43.0 Å². The van der Waals surface area contributed by atoms with Crippen molar-refractivity contribution in [2.24, 2.45) is 0 Å². The van der Waals surface area contributed by atoms with E-state index in [0.29, 0.717) is 45.0 Å². The van der Waals surface area contributed by atoms with Crippen LogP contribution in [0.2, 0.25) is 0 Å². The normalized spacial score (nSPS) is 19.0. The Morgan fingerprint density at radius 1 is 0.897 bits per heavy atom. The van der Waals surface area contributed by atoms with Crippen LogP contribution in [-0.2, 0) is 14.8 Å². The maximum absolute atomic E-state index is 13.1. The van der Waals surface area contributed by atoms with E-state index in [2.05, 4.69) is 0 Å². The molecule has 29 heavy (non-hydrogen) atoms. The smallest absolute Gasteiger partial charge is 0.257 e. The summed E-state index contributed by atoms with van der Waals surface area (Å²) in [4.78, 5) is 28.1. The number of hydrogen-bond acceptors (Lipinski definition) is 5. The number of ether oxygens (including phenoxy) is 1. The van der Waals surface area contributed by atoms with Crippen molar-refractivity contribution in [3.8, 4) is 5.75 Å². The third-order valence-electron chi connectivity index (χ3n) is 5.62. The largest absolute Gasteiger partial charge is 0.496 e. The molecule has 1 aromatic carbocycles. The number of amides is 2. The van der Waals surface area contributed by atoms with Crippen LogP contribution in [0.5, 0.6) is 5.75 Å². The van der Waals surface area contributed by atoms with E-state index in [1.54, 1.807) is 15.9 Å². The van der Waals surface area contributed by atoms with Crippen LogP contribution in [0.3, 0.4) is 0 Å². The Labute approximate surface area is 172 Å². The first-order valence-electron chi connectivity index (χ1n) is 10.1. The van der Waals surface area contributed by atoms with Gasteiger partial charge in [-0.05, 0) is 31.0 Å². The number of piperazine rings is 1. The highest BCUT2D eigenvalue weighted by molar-refractivity contribution is 7.89. The molecule has 2 fully saturated rings. The van der Waals surface area contributed by atoms with Crippen LogP contribution in [-0.4, -0.2) is 80.7 Å². The zero-order chi connectivity index (χ0) is 21.0. The predicted molar refractivity (Wildman–Crippen MR) is 108 cm³/mol. The standard InChI is InChI=1S/C20H29N3O5S/c1-16(24)21-11-13-22(14-12-21)20(25)18-15-17(7-8-19(18)28-2)29(26,27)23-9-5-3-4-6-10-23/h7-8,15H,3-6,9-14H2,1-2H3. The number of sulfonamides is 1. The molecule has 9 heteroatoms. The van der Waals surface area contributed by atoms with Crippen LogP contribution in [0.4, 0.5) is 0 Å². The first kappa shape index (κ1) is 21.6. The van der Waals surface area contributed by atoms with Gasteiger partial charge in [-0.15, -0.1) is 0 Å². The van der Waals surface area contributed by atoms with Crippen molar-refractivity contribution < 1.29 is 22.7 Å². The molecule has 2 aliphatic heterocycles. The van der Waals surface area contributed by atoms with Gasteiger partial charge < -0.3 is 14.5 Å². The minimum absolute atomic E-state index is 0.0137. The number of benzene rings is 1. The summed E-state index contributed by atoms with van der Waals surface area (Å²) >= 11 is 0. The Balaban J connectivity index is 1.85. The Morgan fingerprint density at radius 2 is 1.48 bits per heavy atom. The molecule has 0 aromatic heterocycles. The zero-order valence-corrected chi connectivity index (χ0v) is 17.9. The van der Waals surface area contributed by atoms with Gasteiger partial charge in [0, 0.05) is 46.2 Å².